The van der Waals surface area contributed by atoms with Gasteiger partial charge in [-0.25, -0.2) is 9.69 Å². The van der Waals surface area contributed by atoms with Crippen LogP contribution in [0, 0.1) is 0 Å². The summed E-state index contributed by atoms with van der Waals surface area (Å²) < 4.78 is 17.4. The number of amides is 4. The van der Waals surface area contributed by atoms with Crippen molar-refractivity contribution in [2.45, 2.75) is 33.2 Å². The Balaban J connectivity index is 1.80. The maximum Gasteiger partial charge on any atom is 0.500 e. The third kappa shape index (κ3) is 6.49. The van der Waals surface area contributed by atoms with Crippen LogP contribution in [0.1, 0.15) is 27.2 Å². The minimum Gasteiger partial charge on any atom is -0.374 e. The predicted octanol–water partition coefficient (Wildman–Crippen LogP) is 2.68. The second kappa shape index (κ2) is 11.6. The number of benzene rings is 1. The van der Waals surface area contributed by atoms with Gasteiger partial charge >= 0.3 is 14.8 Å². The maximum atomic E-state index is 12.1. The molecular formula is C20H29N3O6Si. The largest absolute Gasteiger partial charge is 0.500 e. The van der Waals surface area contributed by atoms with Gasteiger partial charge in [0.15, 0.2) is 0 Å². The molecule has 164 valence electrons. The van der Waals surface area contributed by atoms with Crippen molar-refractivity contribution in [2.75, 3.05) is 36.6 Å². The van der Waals surface area contributed by atoms with E-state index in [1.54, 1.807) is 24.3 Å². The highest BCUT2D eigenvalue weighted by Crippen LogP contribution is 2.21. The van der Waals surface area contributed by atoms with Crippen LogP contribution in [-0.4, -0.2) is 53.0 Å². The Morgan fingerprint density at radius 2 is 1.47 bits per heavy atom. The van der Waals surface area contributed by atoms with E-state index < -0.39 is 8.80 Å². The molecule has 4 amide bonds. The minimum atomic E-state index is -2.71. The number of imide groups is 1. The lowest BCUT2D eigenvalue weighted by Crippen LogP contribution is -2.46. The Kier molecular flexibility index (Phi) is 9.18. The molecule has 0 radical (unpaired) electrons. The first-order chi connectivity index (χ1) is 14.4. The van der Waals surface area contributed by atoms with Gasteiger partial charge in [-0.2, -0.15) is 0 Å². The van der Waals surface area contributed by atoms with Gasteiger partial charge in [-0.05, 0) is 51.5 Å². The van der Waals surface area contributed by atoms with Crippen molar-refractivity contribution in [3.05, 3.63) is 36.4 Å². The third-order valence-electron chi connectivity index (χ3n) is 4.23. The molecule has 30 heavy (non-hydrogen) atoms. The van der Waals surface area contributed by atoms with Crippen molar-refractivity contribution in [1.29, 1.82) is 0 Å². The molecule has 0 bridgehead atoms. The lowest BCUT2D eigenvalue weighted by molar-refractivity contribution is -0.119. The van der Waals surface area contributed by atoms with Gasteiger partial charge < -0.3 is 23.9 Å². The van der Waals surface area contributed by atoms with Crippen molar-refractivity contribution in [3.63, 3.8) is 0 Å². The number of carbonyl (C=O) groups is 3. The summed E-state index contributed by atoms with van der Waals surface area (Å²) in [4.78, 5) is 36.6. The monoisotopic (exact) mass is 435 g/mol. The first-order valence-corrected chi connectivity index (χ1v) is 12.0. The Morgan fingerprint density at radius 1 is 0.933 bits per heavy atom. The normalized spacial score (nSPS) is 13.8. The number of rotatable bonds is 12. The molecule has 0 saturated carbocycles. The minimum absolute atomic E-state index is 0.353. The van der Waals surface area contributed by atoms with Crippen LogP contribution >= 0.6 is 0 Å². The van der Waals surface area contributed by atoms with Crippen molar-refractivity contribution in [3.8, 4) is 0 Å². The van der Waals surface area contributed by atoms with E-state index in [1.165, 1.54) is 12.2 Å². The summed E-state index contributed by atoms with van der Waals surface area (Å²) in [6.07, 6.45) is 3.11. The number of nitrogens with zero attached hydrogens (tertiary/aromatic N) is 1. The lowest BCUT2D eigenvalue weighted by Gasteiger charge is -2.28. The summed E-state index contributed by atoms with van der Waals surface area (Å²) in [7, 11) is -2.71. The molecule has 10 heteroatoms. The Hall–Kier alpha value is -2.53. The quantitative estimate of drug-likeness (QED) is 0.297. The van der Waals surface area contributed by atoms with Crippen LogP contribution in [0.15, 0.2) is 36.4 Å². The zero-order chi connectivity index (χ0) is 22.0. The molecule has 1 aliphatic heterocycles. The average molecular weight is 436 g/mol. The highest BCUT2D eigenvalue weighted by Gasteiger charge is 2.39. The number of nitrogens with one attached hydrogen (secondary N) is 2. The van der Waals surface area contributed by atoms with Gasteiger partial charge in [0.2, 0.25) is 0 Å². The molecule has 0 aromatic heterocycles. The van der Waals surface area contributed by atoms with Crippen molar-refractivity contribution in [2.24, 2.45) is 0 Å². The molecule has 2 N–H and O–H groups in total. The first kappa shape index (κ1) is 23.7. The molecule has 0 atom stereocenters. The van der Waals surface area contributed by atoms with Crippen LogP contribution < -0.4 is 15.5 Å². The van der Waals surface area contributed by atoms with Gasteiger partial charge in [-0.1, -0.05) is 0 Å². The third-order valence-corrected chi connectivity index (χ3v) is 7.38. The summed E-state index contributed by atoms with van der Waals surface area (Å²) >= 11 is 0. The molecule has 1 heterocycles. The van der Waals surface area contributed by atoms with E-state index in [9.17, 15) is 14.4 Å². The Morgan fingerprint density at radius 3 is 1.97 bits per heavy atom. The average Bonchev–Trinajstić information content (AvgIpc) is 3.05. The zero-order valence-corrected chi connectivity index (χ0v) is 18.6. The first-order valence-electron chi connectivity index (χ1n) is 10.1. The molecular weight excluding hydrogens is 406 g/mol. The molecule has 0 fully saturated rings. The summed E-state index contributed by atoms with van der Waals surface area (Å²) in [6.45, 7) is 7.70. The van der Waals surface area contributed by atoms with Crippen LogP contribution in [-0.2, 0) is 22.9 Å². The van der Waals surface area contributed by atoms with Crippen molar-refractivity contribution < 1.29 is 27.7 Å². The van der Waals surface area contributed by atoms with Gasteiger partial charge in [0.1, 0.15) is 0 Å². The number of hydrogen-bond donors (Lipinski definition) is 2. The van der Waals surface area contributed by atoms with E-state index in [2.05, 4.69) is 10.6 Å². The van der Waals surface area contributed by atoms with Crippen LogP contribution in [0.25, 0.3) is 0 Å². The Bertz CT molecular complexity index is 733. The van der Waals surface area contributed by atoms with Gasteiger partial charge in [0.05, 0.1) is 5.69 Å². The van der Waals surface area contributed by atoms with Crippen LogP contribution in [0.2, 0.25) is 6.04 Å². The lowest BCUT2D eigenvalue weighted by atomic mass is 10.2. The molecule has 0 saturated heterocycles. The molecule has 1 aromatic rings. The second-order valence-electron chi connectivity index (χ2n) is 6.36. The van der Waals surface area contributed by atoms with Crippen molar-refractivity contribution >= 4 is 38.0 Å². The predicted molar refractivity (Wildman–Crippen MR) is 115 cm³/mol. The van der Waals surface area contributed by atoms with Gasteiger partial charge in [-0.15, -0.1) is 0 Å². The molecule has 1 aromatic carbocycles. The van der Waals surface area contributed by atoms with E-state index >= 15 is 0 Å². The summed E-state index contributed by atoms with van der Waals surface area (Å²) in [5.41, 5.74) is 0.995. The van der Waals surface area contributed by atoms with Crippen LogP contribution in [0.5, 0.6) is 0 Å². The SMILES string of the molecule is CCO[Si](CCCNC(=O)Nc1ccc(N2C(=O)C=CC2=O)cc1)(OCC)OCC. The molecule has 0 unspecified atom stereocenters. The standard InChI is InChI=1S/C20H29N3O6Si/c1-4-27-30(28-5-2,29-6-3)15-7-14-21-20(26)22-16-8-10-17(11-9-16)23-18(24)12-13-19(23)25/h8-13H,4-7,14-15H2,1-3H3,(H2,21,22,26). The number of anilines is 2. The smallest absolute Gasteiger partial charge is 0.374 e. The fourth-order valence-electron chi connectivity index (χ4n) is 3.03. The van der Waals surface area contributed by atoms with Crippen LogP contribution in [0.4, 0.5) is 16.2 Å². The van der Waals surface area contributed by atoms with Gasteiger partial charge in [0, 0.05) is 50.2 Å². The van der Waals surface area contributed by atoms with Crippen molar-refractivity contribution in [1.82, 2.24) is 5.32 Å². The molecule has 0 spiro atoms. The fourth-order valence-corrected chi connectivity index (χ4v) is 5.64. The summed E-state index contributed by atoms with van der Waals surface area (Å²) in [5, 5.41) is 5.51. The van der Waals surface area contributed by atoms with Gasteiger partial charge in [-0.3, -0.25) is 9.59 Å². The Labute approximate surface area is 177 Å². The van der Waals surface area contributed by atoms with E-state index in [-0.39, 0.29) is 17.8 Å². The van der Waals surface area contributed by atoms with E-state index in [0.29, 0.717) is 50.2 Å². The van der Waals surface area contributed by atoms with E-state index in [0.717, 1.165) is 4.90 Å². The summed E-state index contributed by atoms with van der Waals surface area (Å²) in [5.74, 6) is -0.770. The highest BCUT2D eigenvalue weighted by molar-refractivity contribution is 6.60. The molecule has 1 aliphatic rings. The zero-order valence-electron chi connectivity index (χ0n) is 17.6. The molecule has 0 aliphatic carbocycles. The number of carbonyl (C=O) groups excluding carboxylic acids is 3. The number of hydrogen-bond acceptors (Lipinski definition) is 6. The topological polar surface area (TPSA) is 106 Å². The molecule has 9 nitrogen and oxygen atoms in total. The molecule has 2 rings (SSSR count). The second-order valence-corrected chi connectivity index (χ2v) is 9.09. The summed E-state index contributed by atoms with van der Waals surface area (Å²) in [6, 6.07) is 6.73. The fraction of sp³-hybridized carbons (Fsp3) is 0.450. The van der Waals surface area contributed by atoms with E-state index in [1.807, 2.05) is 20.8 Å². The van der Waals surface area contributed by atoms with Gasteiger partial charge in [0.25, 0.3) is 11.8 Å². The maximum absolute atomic E-state index is 12.1. The van der Waals surface area contributed by atoms with Crippen LogP contribution in [0.3, 0.4) is 0 Å². The van der Waals surface area contributed by atoms with E-state index in [4.69, 9.17) is 13.3 Å². The number of urea groups is 1. The highest BCUT2D eigenvalue weighted by atomic mass is 28.4.